The molecule has 19 heavy (non-hydrogen) atoms. The van der Waals surface area contributed by atoms with Crippen LogP contribution in [0.4, 0.5) is 5.69 Å². The van der Waals surface area contributed by atoms with Crippen molar-refractivity contribution in [3.8, 4) is 5.75 Å². The van der Waals surface area contributed by atoms with E-state index in [2.05, 4.69) is 18.3 Å². The summed E-state index contributed by atoms with van der Waals surface area (Å²) in [6.45, 7) is 9.16. The monoisotopic (exact) mass is 264 g/mol. The van der Waals surface area contributed by atoms with Gasteiger partial charge in [0.15, 0.2) is 0 Å². The van der Waals surface area contributed by atoms with Crippen LogP contribution in [0.15, 0.2) is 6.07 Å². The Morgan fingerprint density at radius 3 is 2.47 bits per heavy atom. The van der Waals surface area contributed by atoms with Crippen LogP contribution in [0.1, 0.15) is 23.6 Å². The second kappa shape index (κ2) is 6.57. The van der Waals surface area contributed by atoms with Crippen LogP contribution in [0.5, 0.6) is 5.75 Å². The van der Waals surface area contributed by atoms with Gasteiger partial charge in [0.25, 0.3) is 0 Å². The summed E-state index contributed by atoms with van der Waals surface area (Å²) in [6, 6.07) is 2.09. The van der Waals surface area contributed by atoms with E-state index in [1.165, 1.54) is 5.56 Å². The lowest BCUT2D eigenvalue weighted by molar-refractivity contribution is -0.117. The Balaban J connectivity index is 3.18. The van der Waals surface area contributed by atoms with Crippen molar-refractivity contribution in [1.29, 1.82) is 0 Å². The van der Waals surface area contributed by atoms with E-state index < -0.39 is 0 Å². The molecule has 0 spiro atoms. The van der Waals surface area contributed by atoms with E-state index in [9.17, 15) is 4.79 Å². The molecule has 0 aromatic heterocycles. The van der Waals surface area contributed by atoms with Gasteiger partial charge in [-0.15, -0.1) is 0 Å². The Morgan fingerprint density at radius 1 is 1.32 bits per heavy atom. The molecular formula is C15H24N2O2. The number of hydrogen-bond acceptors (Lipinski definition) is 3. The number of rotatable bonds is 5. The summed E-state index contributed by atoms with van der Waals surface area (Å²) < 4.78 is 5.50. The van der Waals surface area contributed by atoms with Crippen molar-refractivity contribution < 1.29 is 9.53 Å². The maximum Gasteiger partial charge on any atom is 0.240 e. The van der Waals surface area contributed by atoms with Crippen LogP contribution in [0.2, 0.25) is 0 Å². The number of anilines is 1. The van der Waals surface area contributed by atoms with Crippen molar-refractivity contribution in [2.24, 2.45) is 0 Å². The molecule has 4 heteroatoms. The van der Waals surface area contributed by atoms with Gasteiger partial charge in [0.2, 0.25) is 5.91 Å². The van der Waals surface area contributed by atoms with Gasteiger partial charge in [0.05, 0.1) is 19.3 Å². The van der Waals surface area contributed by atoms with Crippen molar-refractivity contribution in [1.82, 2.24) is 5.32 Å². The summed E-state index contributed by atoms with van der Waals surface area (Å²) in [6.07, 6.45) is 0. The first-order chi connectivity index (χ1) is 8.93. The SMILES string of the molecule is CCNCC(=O)N(C)c1c(C)cc(C)c(C)c1OC. The number of carbonyl (C=O) groups is 1. The predicted molar refractivity (Wildman–Crippen MR) is 79.2 cm³/mol. The number of carbonyl (C=O) groups excluding carboxylic acids is 1. The lowest BCUT2D eigenvalue weighted by Crippen LogP contribution is -2.36. The van der Waals surface area contributed by atoms with Crippen molar-refractivity contribution in [3.63, 3.8) is 0 Å². The van der Waals surface area contributed by atoms with Crippen molar-refractivity contribution in [2.45, 2.75) is 27.7 Å². The fourth-order valence-electron chi connectivity index (χ4n) is 2.18. The van der Waals surface area contributed by atoms with Gasteiger partial charge >= 0.3 is 0 Å². The highest BCUT2D eigenvalue weighted by molar-refractivity contribution is 5.97. The summed E-state index contributed by atoms with van der Waals surface area (Å²) in [5.74, 6) is 0.816. The highest BCUT2D eigenvalue weighted by Gasteiger charge is 2.19. The Kier molecular flexibility index (Phi) is 5.36. The van der Waals surface area contributed by atoms with Crippen LogP contribution in [0.25, 0.3) is 0 Å². The number of hydrogen-bond donors (Lipinski definition) is 1. The van der Waals surface area contributed by atoms with E-state index in [0.29, 0.717) is 6.54 Å². The van der Waals surface area contributed by atoms with Crippen molar-refractivity contribution in [3.05, 3.63) is 22.8 Å². The molecule has 0 saturated heterocycles. The largest absolute Gasteiger partial charge is 0.494 e. The zero-order valence-electron chi connectivity index (χ0n) is 12.8. The molecule has 1 amide bonds. The van der Waals surface area contributed by atoms with E-state index in [4.69, 9.17) is 4.74 Å². The first kappa shape index (κ1) is 15.5. The lowest BCUT2D eigenvalue weighted by atomic mass is 10.0. The average Bonchev–Trinajstić information content (AvgIpc) is 2.38. The first-order valence-corrected chi connectivity index (χ1v) is 6.56. The van der Waals surface area contributed by atoms with Crippen molar-refractivity contribution >= 4 is 11.6 Å². The van der Waals surface area contributed by atoms with Crippen LogP contribution >= 0.6 is 0 Å². The van der Waals surface area contributed by atoms with Crippen molar-refractivity contribution in [2.75, 3.05) is 32.1 Å². The van der Waals surface area contributed by atoms with Gasteiger partial charge in [-0.2, -0.15) is 0 Å². The summed E-state index contributed by atoms with van der Waals surface area (Å²) in [4.78, 5) is 13.8. The normalized spacial score (nSPS) is 10.4. The van der Waals surface area contributed by atoms with Gasteiger partial charge in [0, 0.05) is 7.05 Å². The average molecular weight is 264 g/mol. The molecule has 0 heterocycles. The number of nitrogens with one attached hydrogen (secondary N) is 1. The minimum Gasteiger partial charge on any atom is -0.494 e. The van der Waals surface area contributed by atoms with Gasteiger partial charge < -0.3 is 15.0 Å². The molecule has 1 N–H and O–H groups in total. The van der Waals surface area contributed by atoms with E-state index in [1.54, 1.807) is 19.1 Å². The highest BCUT2D eigenvalue weighted by Crippen LogP contribution is 2.36. The lowest BCUT2D eigenvalue weighted by Gasteiger charge is -2.24. The summed E-state index contributed by atoms with van der Waals surface area (Å²) in [7, 11) is 3.44. The van der Waals surface area contributed by atoms with Crippen LogP contribution in [-0.2, 0) is 4.79 Å². The molecule has 0 saturated carbocycles. The molecule has 0 bridgehead atoms. The zero-order valence-corrected chi connectivity index (χ0v) is 12.8. The third-order valence-electron chi connectivity index (χ3n) is 3.39. The number of methoxy groups -OCH3 is 1. The van der Waals surface area contributed by atoms with Crippen LogP contribution in [0.3, 0.4) is 0 Å². The maximum absolute atomic E-state index is 12.1. The highest BCUT2D eigenvalue weighted by atomic mass is 16.5. The number of aryl methyl sites for hydroxylation is 2. The molecule has 1 rings (SSSR count). The predicted octanol–water partition coefficient (Wildman–Crippen LogP) is 2.19. The molecule has 0 fully saturated rings. The van der Waals surface area contributed by atoms with Gasteiger partial charge in [-0.3, -0.25) is 4.79 Å². The molecule has 1 aromatic rings. The third kappa shape index (κ3) is 3.26. The molecule has 0 aliphatic heterocycles. The first-order valence-electron chi connectivity index (χ1n) is 6.56. The smallest absolute Gasteiger partial charge is 0.240 e. The number of nitrogens with zero attached hydrogens (tertiary/aromatic N) is 1. The zero-order chi connectivity index (χ0) is 14.6. The minimum atomic E-state index is 0.0338. The topological polar surface area (TPSA) is 41.6 Å². The number of amides is 1. The summed E-state index contributed by atoms with van der Waals surface area (Å²) in [5, 5.41) is 3.05. The number of benzene rings is 1. The van der Waals surface area contributed by atoms with E-state index >= 15 is 0 Å². The maximum atomic E-state index is 12.1. The number of ether oxygens (including phenoxy) is 1. The second-order valence-corrected chi connectivity index (χ2v) is 4.75. The van der Waals surface area contributed by atoms with Crippen LogP contribution in [-0.4, -0.2) is 33.2 Å². The fourth-order valence-corrected chi connectivity index (χ4v) is 2.18. The van der Waals surface area contributed by atoms with Gasteiger partial charge in [-0.1, -0.05) is 13.0 Å². The standard InChI is InChI=1S/C15H24N2O2/c1-7-16-9-13(18)17(5)14-11(3)8-10(2)12(4)15(14)19-6/h8,16H,7,9H2,1-6H3. The van der Waals surface area contributed by atoms with E-state index in [-0.39, 0.29) is 5.91 Å². The van der Waals surface area contributed by atoms with Gasteiger partial charge in [-0.25, -0.2) is 0 Å². The van der Waals surface area contributed by atoms with E-state index in [0.717, 1.165) is 29.1 Å². The van der Waals surface area contributed by atoms with Gasteiger partial charge in [-0.05, 0) is 44.0 Å². The molecule has 1 aromatic carbocycles. The molecule has 0 aliphatic carbocycles. The molecular weight excluding hydrogens is 240 g/mol. The third-order valence-corrected chi connectivity index (χ3v) is 3.39. The fraction of sp³-hybridized carbons (Fsp3) is 0.533. The molecule has 106 valence electrons. The minimum absolute atomic E-state index is 0.0338. The van der Waals surface area contributed by atoms with Crippen LogP contribution in [0, 0.1) is 20.8 Å². The Bertz CT molecular complexity index is 470. The molecule has 0 aliphatic rings. The number of likely N-dealkylation sites (N-methyl/N-ethyl adjacent to an activating group) is 2. The molecule has 0 unspecified atom stereocenters. The Labute approximate surface area is 115 Å². The van der Waals surface area contributed by atoms with Crippen LogP contribution < -0.4 is 15.0 Å². The quantitative estimate of drug-likeness (QED) is 0.886. The summed E-state index contributed by atoms with van der Waals surface area (Å²) in [5.41, 5.74) is 4.15. The Morgan fingerprint density at radius 2 is 1.95 bits per heavy atom. The summed E-state index contributed by atoms with van der Waals surface area (Å²) >= 11 is 0. The van der Waals surface area contributed by atoms with E-state index in [1.807, 2.05) is 20.8 Å². The Hall–Kier alpha value is -1.55. The molecule has 0 radical (unpaired) electrons. The second-order valence-electron chi connectivity index (χ2n) is 4.75. The van der Waals surface area contributed by atoms with Gasteiger partial charge in [0.1, 0.15) is 5.75 Å². The molecule has 0 atom stereocenters. The molecule has 4 nitrogen and oxygen atoms in total.